The molecule has 0 aromatic carbocycles. The minimum Gasteiger partial charge on any atom is -0.779 e. The van der Waals surface area contributed by atoms with Crippen molar-refractivity contribution < 1.29 is 80.8 Å². The number of hydroxylamine groups is 2. The van der Waals surface area contributed by atoms with Crippen molar-refractivity contribution in [2.45, 2.75) is 6.10 Å². The Morgan fingerprint density at radius 1 is 1.62 bits per heavy atom. The van der Waals surface area contributed by atoms with Crippen LogP contribution in [0.2, 0.25) is 0 Å². The molecule has 2 unspecified atom stereocenters. The van der Waals surface area contributed by atoms with Crippen molar-refractivity contribution in [3.8, 4) is 0 Å². The molecule has 9 heteroatoms. The van der Waals surface area contributed by atoms with Crippen molar-refractivity contribution in [1.29, 1.82) is 0 Å². The molecule has 72 valence electrons. The summed E-state index contributed by atoms with van der Waals surface area (Å²) < 4.78 is 10.1. The first-order chi connectivity index (χ1) is 5.35. The van der Waals surface area contributed by atoms with Crippen LogP contribution in [-0.2, 0) is 9.36 Å². The van der Waals surface area contributed by atoms with Gasteiger partial charge in [0.1, 0.15) is 7.60 Å². The third kappa shape index (κ3) is 11.1. The zero-order valence-electron chi connectivity index (χ0n) is 7.03. The van der Waals surface area contributed by atoms with Crippen molar-refractivity contribution in [3.05, 3.63) is 0 Å². The minimum atomic E-state index is -4.54. The first-order valence-corrected chi connectivity index (χ1v) is 4.73. The van der Waals surface area contributed by atoms with Crippen LogP contribution in [0.3, 0.4) is 0 Å². The number of nitrogens with zero attached hydrogens (tertiary/aromatic N) is 1. The molecule has 1 amide bonds. The number of carbonyl (C=O) groups excluding carboxylic acids is 1. The smallest absolute Gasteiger partial charge is 0.779 e. The first kappa shape index (κ1) is 16.6. The Labute approximate surface area is 117 Å². The summed E-state index contributed by atoms with van der Waals surface area (Å²) in [6.07, 6.45) is -2.37. The summed E-state index contributed by atoms with van der Waals surface area (Å²) in [4.78, 5) is 28.1. The summed E-state index contributed by atoms with van der Waals surface area (Å²) in [5.41, 5.74) is 0. The number of hydrogen-bond acceptors (Lipinski definition) is 5. The molecule has 0 aromatic rings. The van der Waals surface area contributed by atoms with Crippen molar-refractivity contribution in [2.75, 3.05) is 12.7 Å². The van der Waals surface area contributed by atoms with E-state index in [9.17, 15) is 14.3 Å². The zero-order chi connectivity index (χ0) is 9.78. The van der Waals surface area contributed by atoms with E-state index in [1.807, 2.05) is 0 Å². The fourth-order valence-corrected chi connectivity index (χ4v) is 1.23. The summed E-state index contributed by atoms with van der Waals surface area (Å²) >= 11 is 0. The van der Waals surface area contributed by atoms with Gasteiger partial charge in [0.05, 0.1) is 12.6 Å². The Hall–Kier alpha value is 1.18. The summed E-state index contributed by atoms with van der Waals surface area (Å²) in [6, 6.07) is 0. The average Bonchev–Trinajstić information content (AvgIpc) is 1.82. The van der Waals surface area contributed by atoms with Crippen LogP contribution in [0.4, 0.5) is 0 Å². The van der Waals surface area contributed by atoms with Gasteiger partial charge in [0, 0.05) is 6.16 Å². The van der Waals surface area contributed by atoms with E-state index in [1.54, 1.807) is 0 Å². The van der Waals surface area contributed by atoms with Gasteiger partial charge in [0.15, 0.2) is 0 Å². The molecular formula is C4H9KNO6P. The van der Waals surface area contributed by atoms with Crippen LogP contribution in [0.1, 0.15) is 0 Å². The zero-order valence-corrected chi connectivity index (χ0v) is 11.0. The second-order valence-corrected chi connectivity index (χ2v) is 3.84. The van der Waals surface area contributed by atoms with Gasteiger partial charge in [-0.2, -0.15) is 0 Å². The Kier molecular flexibility index (Phi) is 9.53. The third-order valence-corrected chi connectivity index (χ3v) is 1.84. The number of amides is 1. The molecule has 0 spiro atoms. The molecule has 2 atom stereocenters. The second kappa shape index (κ2) is 7.47. The molecule has 0 aromatic heterocycles. The van der Waals surface area contributed by atoms with Crippen LogP contribution in [0.15, 0.2) is 0 Å². The van der Waals surface area contributed by atoms with Crippen LogP contribution in [-0.4, -0.2) is 45.5 Å². The van der Waals surface area contributed by atoms with E-state index < -0.39 is 26.4 Å². The molecule has 0 saturated carbocycles. The van der Waals surface area contributed by atoms with Crippen molar-refractivity contribution in [1.82, 2.24) is 5.06 Å². The van der Waals surface area contributed by atoms with Gasteiger partial charge in [0.2, 0.25) is 6.41 Å². The number of rotatable bonds is 5. The quantitative estimate of drug-likeness (QED) is 0.144. The van der Waals surface area contributed by atoms with Crippen molar-refractivity contribution in [2.24, 2.45) is 0 Å². The summed E-state index contributed by atoms with van der Waals surface area (Å²) in [6.45, 7) is -0.559. The average molecular weight is 237 g/mol. The molecular weight excluding hydrogens is 228 g/mol. The van der Waals surface area contributed by atoms with E-state index in [1.165, 1.54) is 0 Å². The fraction of sp³-hybridized carbons (Fsp3) is 0.750. The molecule has 3 N–H and O–H groups in total. The Morgan fingerprint density at radius 3 is 2.38 bits per heavy atom. The molecule has 13 heavy (non-hydrogen) atoms. The minimum absolute atomic E-state index is 0. The van der Waals surface area contributed by atoms with Gasteiger partial charge in [-0.3, -0.25) is 10.0 Å². The van der Waals surface area contributed by atoms with E-state index in [0.717, 1.165) is 0 Å². The largest absolute Gasteiger partial charge is 1.00 e. The molecule has 7 nitrogen and oxygen atoms in total. The Morgan fingerprint density at radius 2 is 2.08 bits per heavy atom. The van der Waals surface area contributed by atoms with Crippen LogP contribution in [0.5, 0.6) is 0 Å². The van der Waals surface area contributed by atoms with Gasteiger partial charge >= 0.3 is 51.4 Å². The van der Waals surface area contributed by atoms with E-state index in [4.69, 9.17) is 15.2 Å². The summed E-state index contributed by atoms with van der Waals surface area (Å²) in [5, 5.41) is 17.3. The Balaban J connectivity index is 0. The number of hydrogen-bond donors (Lipinski definition) is 3. The van der Waals surface area contributed by atoms with Gasteiger partial charge in [-0.15, -0.1) is 0 Å². The maximum atomic E-state index is 10.1. The van der Waals surface area contributed by atoms with Gasteiger partial charge in [0.25, 0.3) is 0 Å². The van der Waals surface area contributed by atoms with E-state index in [-0.39, 0.29) is 62.9 Å². The standard InChI is InChI=1S/C4H10NO6P.K/c6-3-5(8)1-4(7)2-12(9,10)11;/h3-4,7-8H,1-2H2,(H2,9,10,11);/q;+1/p-1. The van der Waals surface area contributed by atoms with Crippen molar-refractivity contribution in [3.63, 3.8) is 0 Å². The van der Waals surface area contributed by atoms with Crippen LogP contribution >= 0.6 is 7.60 Å². The predicted molar refractivity (Wildman–Crippen MR) is 35.3 cm³/mol. The van der Waals surface area contributed by atoms with Crippen LogP contribution in [0.25, 0.3) is 0 Å². The molecule has 0 bridgehead atoms. The van der Waals surface area contributed by atoms with Crippen LogP contribution < -0.4 is 56.3 Å². The number of aliphatic hydroxyl groups is 1. The van der Waals surface area contributed by atoms with Crippen LogP contribution in [0, 0.1) is 0 Å². The molecule has 0 heterocycles. The molecule has 0 aliphatic rings. The monoisotopic (exact) mass is 237 g/mol. The molecule has 0 aliphatic heterocycles. The summed E-state index contributed by atoms with van der Waals surface area (Å²) in [7, 11) is -4.54. The molecule has 0 saturated heterocycles. The number of aliphatic hydroxyl groups excluding tert-OH is 1. The number of carbonyl (C=O) groups is 1. The molecule has 0 aliphatic carbocycles. The van der Waals surface area contributed by atoms with E-state index in [2.05, 4.69) is 0 Å². The van der Waals surface area contributed by atoms with E-state index in [0.29, 0.717) is 0 Å². The fourth-order valence-electron chi connectivity index (χ4n) is 0.583. The van der Waals surface area contributed by atoms with Gasteiger partial charge < -0.3 is 19.5 Å². The van der Waals surface area contributed by atoms with Gasteiger partial charge in [-0.05, 0) is 0 Å². The molecule has 0 fully saturated rings. The second-order valence-electron chi connectivity index (χ2n) is 2.20. The molecule has 0 rings (SSSR count). The maximum Gasteiger partial charge on any atom is 1.00 e. The van der Waals surface area contributed by atoms with Gasteiger partial charge in [-0.25, -0.2) is 5.06 Å². The third-order valence-electron chi connectivity index (χ3n) is 0.961. The predicted octanol–water partition coefficient (Wildman–Crippen LogP) is -5.26. The van der Waals surface area contributed by atoms with E-state index >= 15 is 0 Å². The first-order valence-electron chi connectivity index (χ1n) is 2.97. The maximum absolute atomic E-state index is 10.1. The van der Waals surface area contributed by atoms with Gasteiger partial charge in [-0.1, -0.05) is 0 Å². The SMILES string of the molecule is O=CN(O)CC(O)CP(=O)([O-])O.[K+]. The normalized spacial score (nSPS) is 16.6. The molecule has 0 radical (unpaired) electrons. The topological polar surface area (TPSA) is 121 Å². The van der Waals surface area contributed by atoms with Crippen molar-refractivity contribution >= 4 is 14.0 Å². The summed E-state index contributed by atoms with van der Waals surface area (Å²) in [5.74, 6) is 0. The Bertz CT molecular complexity index is 195.